The monoisotopic (exact) mass is 320 g/mol. The van der Waals surface area contributed by atoms with Crippen LogP contribution in [0, 0.1) is 12.7 Å². The van der Waals surface area contributed by atoms with Gasteiger partial charge in [-0.1, -0.05) is 23.7 Å². The van der Waals surface area contributed by atoms with Gasteiger partial charge in [0.2, 0.25) is 0 Å². The summed E-state index contributed by atoms with van der Waals surface area (Å²) in [6.45, 7) is 6.13. The first-order chi connectivity index (χ1) is 10.6. The van der Waals surface area contributed by atoms with Gasteiger partial charge in [-0.3, -0.25) is 4.90 Å². The van der Waals surface area contributed by atoms with Crippen molar-refractivity contribution >= 4 is 17.4 Å². The van der Waals surface area contributed by atoms with Crippen molar-refractivity contribution in [2.75, 3.05) is 31.1 Å². The Hall–Kier alpha value is -1.72. The predicted molar refractivity (Wildman–Crippen MR) is 85.7 cm³/mol. The zero-order valence-electron chi connectivity index (χ0n) is 12.5. The summed E-state index contributed by atoms with van der Waals surface area (Å²) >= 11 is 6.19. The van der Waals surface area contributed by atoms with E-state index in [4.69, 9.17) is 11.6 Å². The maximum atomic E-state index is 13.2. The Morgan fingerprint density at radius 1 is 1.23 bits per heavy atom. The SMILES string of the molecule is Cc1ncc(Cl)c(N2CCN(Cc3cccc(F)c3)CC2)n1. The molecule has 0 aliphatic carbocycles. The van der Waals surface area contributed by atoms with Crippen LogP contribution in [0.3, 0.4) is 0 Å². The lowest BCUT2D eigenvalue weighted by atomic mass is 10.2. The third-order valence-corrected chi connectivity index (χ3v) is 4.08. The molecule has 0 spiro atoms. The molecule has 0 bridgehead atoms. The molecule has 0 atom stereocenters. The second-order valence-corrected chi connectivity index (χ2v) is 5.89. The topological polar surface area (TPSA) is 32.3 Å². The molecular formula is C16H18ClFN4. The highest BCUT2D eigenvalue weighted by atomic mass is 35.5. The number of rotatable bonds is 3. The van der Waals surface area contributed by atoms with Crippen molar-refractivity contribution in [1.29, 1.82) is 0 Å². The zero-order valence-corrected chi connectivity index (χ0v) is 13.2. The Kier molecular flexibility index (Phi) is 4.55. The Bertz CT molecular complexity index is 656. The van der Waals surface area contributed by atoms with E-state index in [1.54, 1.807) is 18.3 Å². The number of aryl methyl sites for hydroxylation is 1. The highest BCUT2D eigenvalue weighted by molar-refractivity contribution is 6.32. The summed E-state index contributed by atoms with van der Waals surface area (Å²) in [7, 11) is 0. The fourth-order valence-corrected chi connectivity index (χ4v) is 2.89. The van der Waals surface area contributed by atoms with Crippen LogP contribution < -0.4 is 4.90 Å². The number of nitrogens with zero attached hydrogens (tertiary/aromatic N) is 4. The number of aromatic nitrogens is 2. The Labute approximate surface area is 134 Å². The van der Waals surface area contributed by atoms with Gasteiger partial charge in [-0.15, -0.1) is 0 Å². The minimum Gasteiger partial charge on any atom is -0.353 e. The molecule has 6 heteroatoms. The maximum absolute atomic E-state index is 13.2. The summed E-state index contributed by atoms with van der Waals surface area (Å²) in [6.07, 6.45) is 1.65. The average molecular weight is 321 g/mol. The number of piperazine rings is 1. The minimum absolute atomic E-state index is 0.181. The van der Waals surface area contributed by atoms with Gasteiger partial charge in [0.15, 0.2) is 5.82 Å². The van der Waals surface area contributed by atoms with Crippen LogP contribution >= 0.6 is 11.6 Å². The fraction of sp³-hybridized carbons (Fsp3) is 0.375. The fourth-order valence-electron chi connectivity index (χ4n) is 2.68. The lowest BCUT2D eigenvalue weighted by Gasteiger charge is -2.35. The van der Waals surface area contributed by atoms with Crippen LogP contribution in [0.1, 0.15) is 11.4 Å². The van der Waals surface area contributed by atoms with Crippen LogP contribution in [-0.4, -0.2) is 41.0 Å². The van der Waals surface area contributed by atoms with Crippen molar-refractivity contribution in [3.05, 3.63) is 52.7 Å². The van der Waals surface area contributed by atoms with Crippen LogP contribution in [0.15, 0.2) is 30.5 Å². The Morgan fingerprint density at radius 3 is 2.73 bits per heavy atom. The average Bonchev–Trinajstić information content (AvgIpc) is 2.51. The molecule has 0 radical (unpaired) electrons. The number of halogens is 2. The summed E-state index contributed by atoms with van der Waals surface area (Å²) in [6, 6.07) is 6.78. The first kappa shape index (κ1) is 15.2. The van der Waals surface area contributed by atoms with Crippen molar-refractivity contribution in [3.8, 4) is 0 Å². The maximum Gasteiger partial charge on any atom is 0.151 e. The molecule has 2 aromatic rings. The van der Waals surface area contributed by atoms with Crippen LogP contribution in [-0.2, 0) is 6.54 Å². The van der Waals surface area contributed by atoms with E-state index in [1.165, 1.54) is 6.07 Å². The predicted octanol–water partition coefficient (Wildman–Crippen LogP) is 2.90. The lowest BCUT2D eigenvalue weighted by molar-refractivity contribution is 0.249. The zero-order chi connectivity index (χ0) is 15.5. The molecule has 2 heterocycles. The summed E-state index contributed by atoms with van der Waals surface area (Å²) in [5.74, 6) is 1.35. The number of hydrogen-bond donors (Lipinski definition) is 0. The van der Waals surface area contributed by atoms with E-state index >= 15 is 0 Å². The van der Waals surface area contributed by atoms with Gasteiger partial charge >= 0.3 is 0 Å². The summed E-state index contributed by atoms with van der Waals surface area (Å²) in [4.78, 5) is 13.0. The number of benzene rings is 1. The van der Waals surface area contributed by atoms with Crippen LogP contribution in [0.2, 0.25) is 5.02 Å². The molecule has 22 heavy (non-hydrogen) atoms. The van der Waals surface area contributed by atoms with Crippen molar-refractivity contribution < 1.29 is 4.39 Å². The quantitative estimate of drug-likeness (QED) is 0.870. The van der Waals surface area contributed by atoms with E-state index in [9.17, 15) is 4.39 Å². The molecule has 1 aromatic heterocycles. The molecule has 1 aliphatic rings. The molecular weight excluding hydrogens is 303 g/mol. The van der Waals surface area contributed by atoms with E-state index in [-0.39, 0.29) is 5.82 Å². The van der Waals surface area contributed by atoms with Gasteiger partial charge in [0.05, 0.1) is 6.20 Å². The van der Waals surface area contributed by atoms with Crippen molar-refractivity contribution in [3.63, 3.8) is 0 Å². The minimum atomic E-state index is -0.181. The second-order valence-electron chi connectivity index (χ2n) is 5.48. The van der Waals surface area contributed by atoms with Gasteiger partial charge in [-0.2, -0.15) is 0 Å². The second kappa shape index (κ2) is 6.58. The van der Waals surface area contributed by atoms with E-state index < -0.39 is 0 Å². The molecule has 4 nitrogen and oxygen atoms in total. The third kappa shape index (κ3) is 3.54. The molecule has 0 unspecified atom stereocenters. The molecule has 116 valence electrons. The van der Waals surface area contributed by atoms with Gasteiger partial charge < -0.3 is 4.90 Å². The molecule has 1 aliphatic heterocycles. The lowest BCUT2D eigenvalue weighted by Crippen LogP contribution is -2.46. The summed E-state index contributed by atoms with van der Waals surface area (Å²) < 4.78 is 13.2. The van der Waals surface area contributed by atoms with Crippen LogP contribution in [0.25, 0.3) is 0 Å². The smallest absolute Gasteiger partial charge is 0.151 e. The molecule has 1 fully saturated rings. The van der Waals surface area contributed by atoms with Gasteiger partial charge in [-0.25, -0.2) is 14.4 Å². The highest BCUT2D eigenvalue weighted by Gasteiger charge is 2.20. The number of hydrogen-bond acceptors (Lipinski definition) is 4. The summed E-state index contributed by atoms with van der Waals surface area (Å²) in [5, 5.41) is 0.587. The van der Waals surface area contributed by atoms with E-state index in [0.29, 0.717) is 5.02 Å². The standard InChI is InChI=1S/C16H18ClFN4/c1-12-19-10-15(17)16(20-12)22-7-5-21(6-8-22)11-13-3-2-4-14(18)9-13/h2-4,9-10H,5-8,11H2,1H3. The largest absolute Gasteiger partial charge is 0.353 e. The van der Waals surface area contributed by atoms with Gasteiger partial charge in [-0.05, 0) is 24.6 Å². The first-order valence-corrected chi connectivity index (χ1v) is 7.70. The van der Waals surface area contributed by atoms with Crippen LogP contribution in [0.4, 0.5) is 10.2 Å². The van der Waals surface area contributed by atoms with Gasteiger partial charge in [0, 0.05) is 32.7 Å². The molecule has 0 amide bonds. The Balaban J connectivity index is 1.61. The van der Waals surface area contributed by atoms with Crippen molar-refractivity contribution in [1.82, 2.24) is 14.9 Å². The van der Waals surface area contributed by atoms with E-state index in [2.05, 4.69) is 19.8 Å². The molecule has 0 saturated carbocycles. The Morgan fingerprint density at radius 2 is 2.00 bits per heavy atom. The normalized spacial score (nSPS) is 16.0. The van der Waals surface area contributed by atoms with Crippen molar-refractivity contribution in [2.24, 2.45) is 0 Å². The van der Waals surface area contributed by atoms with E-state index in [1.807, 2.05) is 13.0 Å². The van der Waals surface area contributed by atoms with Gasteiger partial charge in [0.1, 0.15) is 16.7 Å². The van der Waals surface area contributed by atoms with Gasteiger partial charge in [0.25, 0.3) is 0 Å². The molecule has 0 N–H and O–H groups in total. The van der Waals surface area contributed by atoms with Crippen LogP contribution in [0.5, 0.6) is 0 Å². The van der Waals surface area contributed by atoms with Crippen molar-refractivity contribution in [2.45, 2.75) is 13.5 Å². The molecule has 3 rings (SSSR count). The third-order valence-electron chi connectivity index (χ3n) is 3.81. The number of anilines is 1. The molecule has 1 aromatic carbocycles. The molecule has 1 saturated heterocycles. The summed E-state index contributed by atoms with van der Waals surface area (Å²) in [5.41, 5.74) is 1.00. The van der Waals surface area contributed by atoms with E-state index in [0.717, 1.165) is 49.9 Å². The highest BCUT2D eigenvalue weighted by Crippen LogP contribution is 2.23. The first-order valence-electron chi connectivity index (χ1n) is 7.33.